The van der Waals surface area contributed by atoms with Crippen LogP contribution >= 0.6 is 15.9 Å². The van der Waals surface area contributed by atoms with Crippen molar-refractivity contribution in [3.8, 4) is 5.75 Å². The molecule has 1 aliphatic rings. The second-order valence-electron chi connectivity index (χ2n) is 5.24. The Labute approximate surface area is 123 Å². The number of ether oxygens (including phenoxy) is 1. The van der Waals surface area contributed by atoms with Crippen LogP contribution in [-0.4, -0.2) is 24.4 Å². The van der Waals surface area contributed by atoms with Gasteiger partial charge in [0.15, 0.2) is 0 Å². The minimum atomic E-state index is 0.174. The molecule has 19 heavy (non-hydrogen) atoms. The van der Waals surface area contributed by atoms with E-state index in [9.17, 15) is 5.11 Å². The molecule has 2 N–H and O–H groups in total. The monoisotopic (exact) mass is 327 g/mol. The molecule has 0 bridgehead atoms. The molecule has 1 aromatic rings. The van der Waals surface area contributed by atoms with E-state index in [1.807, 2.05) is 12.1 Å². The minimum Gasteiger partial charge on any atom is -0.508 e. The molecular weight excluding hydrogens is 306 g/mol. The molecule has 0 aromatic heterocycles. The number of aromatic hydroxyl groups is 1. The van der Waals surface area contributed by atoms with Crippen molar-refractivity contribution in [3.63, 3.8) is 0 Å². The third kappa shape index (κ3) is 3.71. The van der Waals surface area contributed by atoms with E-state index in [0.29, 0.717) is 17.7 Å². The standard InChI is InChI=1S/C15H22BrNO2/c1-3-14(13-8-12(16)4-5-15(13)18)17-10(2)11-6-7-19-9-11/h4-5,8,10-11,14,17-18H,3,6-7,9H2,1-2H3. The average molecular weight is 328 g/mol. The van der Waals surface area contributed by atoms with E-state index in [0.717, 1.165) is 36.1 Å². The molecule has 1 aromatic carbocycles. The molecular formula is C15H22BrNO2. The lowest BCUT2D eigenvalue weighted by molar-refractivity contribution is 0.176. The quantitative estimate of drug-likeness (QED) is 0.867. The van der Waals surface area contributed by atoms with Crippen LogP contribution in [0.25, 0.3) is 0 Å². The number of nitrogens with one attached hydrogen (secondary N) is 1. The molecule has 0 amide bonds. The number of phenols is 1. The summed E-state index contributed by atoms with van der Waals surface area (Å²) >= 11 is 3.47. The lowest BCUT2D eigenvalue weighted by Gasteiger charge is -2.26. The van der Waals surface area contributed by atoms with Gasteiger partial charge in [-0.3, -0.25) is 0 Å². The van der Waals surface area contributed by atoms with Crippen molar-refractivity contribution in [1.29, 1.82) is 0 Å². The number of phenolic OH excluding ortho intramolecular Hbond substituents is 1. The molecule has 0 radical (unpaired) electrons. The number of rotatable bonds is 5. The summed E-state index contributed by atoms with van der Waals surface area (Å²) in [4.78, 5) is 0. The van der Waals surface area contributed by atoms with Gasteiger partial charge in [-0.1, -0.05) is 22.9 Å². The van der Waals surface area contributed by atoms with E-state index < -0.39 is 0 Å². The summed E-state index contributed by atoms with van der Waals surface area (Å²) in [6.07, 6.45) is 2.07. The van der Waals surface area contributed by atoms with Crippen LogP contribution in [0.5, 0.6) is 5.75 Å². The Bertz CT molecular complexity index is 419. The van der Waals surface area contributed by atoms with Gasteiger partial charge in [-0.25, -0.2) is 0 Å². The van der Waals surface area contributed by atoms with Crippen molar-refractivity contribution in [1.82, 2.24) is 5.32 Å². The highest BCUT2D eigenvalue weighted by Crippen LogP contribution is 2.30. The summed E-state index contributed by atoms with van der Waals surface area (Å²) in [5, 5.41) is 13.7. The Hall–Kier alpha value is -0.580. The maximum Gasteiger partial charge on any atom is 0.120 e. The van der Waals surface area contributed by atoms with Gasteiger partial charge in [-0.2, -0.15) is 0 Å². The van der Waals surface area contributed by atoms with E-state index in [1.165, 1.54) is 0 Å². The van der Waals surface area contributed by atoms with Crippen LogP contribution in [0.1, 0.15) is 38.3 Å². The van der Waals surface area contributed by atoms with Crippen LogP contribution in [-0.2, 0) is 4.74 Å². The van der Waals surface area contributed by atoms with Gasteiger partial charge in [0, 0.05) is 28.7 Å². The Balaban J connectivity index is 2.08. The average Bonchev–Trinajstić information content (AvgIpc) is 2.93. The Morgan fingerprint density at radius 1 is 1.53 bits per heavy atom. The lowest BCUT2D eigenvalue weighted by Crippen LogP contribution is -2.36. The molecule has 0 saturated carbocycles. The van der Waals surface area contributed by atoms with Crippen molar-refractivity contribution in [2.45, 2.75) is 38.8 Å². The minimum absolute atomic E-state index is 0.174. The molecule has 0 spiro atoms. The van der Waals surface area contributed by atoms with E-state index in [-0.39, 0.29) is 6.04 Å². The second-order valence-corrected chi connectivity index (χ2v) is 6.16. The summed E-state index contributed by atoms with van der Waals surface area (Å²) in [5.74, 6) is 0.931. The van der Waals surface area contributed by atoms with E-state index >= 15 is 0 Å². The van der Waals surface area contributed by atoms with Gasteiger partial charge in [0.2, 0.25) is 0 Å². The maximum atomic E-state index is 10.0. The molecule has 3 unspecified atom stereocenters. The highest BCUT2D eigenvalue weighted by atomic mass is 79.9. The lowest BCUT2D eigenvalue weighted by atomic mass is 9.96. The zero-order chi connectivity index (χ0) is 13.8. The van der Waals surface area contributed by atoms with Crippen molar-refractivity contribution in [2.24, 2.45) is 5.92 Å². The number of hydrogen-bond donors (Lipinski definition) is 2. The second kappa shape index (κ2) is 6.73. The van der Waals surface area contributed by atoms with Gasteiger partial charge in [0.05, 0.1) is 6.61 Å². The molecule has 1 heterocycles. The van der Waals surface area contributed by atoms with Crippen LogP contribution in [0.15, 0.2) is 22.7 Å². The first kappa shape index (κ1) is 14.8. The third-order valence-electron chi connectivity index (χ3n) is 3.91. The number of hydrogen-bond acceptors (Lipinski definition) is 3. The van der Waals surface area contributed by atoms with E-state index in [1.54, 1.807) is 6.07 Å². The first-order valence-electron chi connectivity index (χ1n) is 6.94. The van der Waals surface area contributed by atoms with Crippen LogP contribution in [0.2, 0.25) is 0 Å². The van der Waals surface area contributed by atoms with Gasteiger partial charge in [0.25, 0.3) is 0 Å². The van der Waals surface area contributed by atoms with Crippen molar-refractivity contribution >= 4 is 15.9 Å². The fourth-order valence-electron chi connectivity index (χ4n) is 2.63. The molecule has 3 atom stereocenters. The van der Waals surface area contributed by atoms with E-state index in [4.69, 9.17) is 4.74 Å². The van der Waals surface area contributed by atoms with Gasteiger partial charge in [-0.05, 0) is 43.9 Å². The van der Waals surface area contributed by atoms with E-state index in [2.05, 4.69) is 35.1 Å². The van der Waals surface area contributed by atoms with Crippen molar-refractivity contribution in [3.05, 3.63) is 28.2 Å². The zero-order valence-electron chi connectivity index (χ0n) is 11.5. The fourth-order valence-corrected chi connectivity index (χ4v) is 3.01. The molecule has 1 saturated heterocycles. The van der Waals surface area contributed by atoms with Crippen LogP contribution in [0, 0.1) is 5.92 Å². The predicted molar refractivity (Wildman–Crippen MR) is 80.4 cm³/mol. The van der Waals surface area contributed by atoms with Crippen molar-refractivity contribution in [2.75, 3.05) is 13.2 Å². The summed E-state index contributed by atoms with van der Waals surface area (Å²) in [6.45, 7) is 6.05. The Kier molecular flexibility index (Phi) is 5.25. The Morgan fingerprint density at radius 3 is 2.95 bits per heavy atom. The molecule has 0 aliphatic carbocycles. The van der Waals surface area contributed by atoms with Crippen molar-refractivity contribution < 1.29 is 9.84 Å². The van der Waals surface area contributed by atoms with Crippen LogP contribution in [0.3, 0.4) is 0 Å². The maximum absolute atomic E-state index is 10.0. The molecule has 1 fully saturated rings. The van der Waals surface area contributed by atoms with Gasteiger partial charge >= 0.3 is 0 Å². The van der Waals surface area contributed by atoms with Crippen LogP contribution < -0.4 is 5.32 Å². The van der Waals surface area contributed by atoms with Gasteiger partial charge < -0.3 is 15.2 Å². The molecule has 1 aliphatic heterocycles. The summed E-state index contributed by atoms with van der Waals surface area (Å²) in [7, 11) is 0. The zero-order valence-corrected chi connectivity index (χ0v) is 13.1. The number of benzene rings is 1. The van der Waals surface area contributed by atoms with Gasteiger partial charge in [0.1, 0.15) is 5.75 Å². The normalized spacial score (nSPS) is 22.4. The smallest absolute Gasteiger partial charge is 0.120 e. The Morgan fingerprint density at radius 2 is 2.32 bits per heavy atom. The van der Waals surface area contributed by atoms with Crippen LogP contribution in [0.4, 0.5) is 0 Å². The summed E-state index contributed by atoms with van der Waals surface area (Å²) in [5.41, 5.74) is 0.961. The SMILES string of the molecule is CCC(NC(C)C1CCOC1)c1cc(Br)ccc1O. The summed E-state index contributed by atoms with van der Waals surface area (Å²) < 4.78 is 6.44. The summed E-state index contributed by atoms with van der Waals surface area (Å²) in [6, 6.07) is 6.17. The predicted octanol–water partition coefficient (Wildman–Crippen LogP) is 3.62. The third-order valence-corrected chi connectivity index (χ3v) is 4.40. The molecule has 106 valence electrons. The highest BCUT2D eigenvalue weighted by molar-refractivity contribution is 9.10. The molecule has 4 heteroatoms. The van der Waals surface area contributed by atoms with Gasteiger partial charge in [-0.15, -0.1) is 0 Å². The largest absolute Gasteiger partial charge is 0.508 e. The fraction of sp³-hybridized carbons (Fsp3) is 0.600. The first-order chi connectivity index (χ1) is 9.11. The topological polar surface area (TPSA) is 41.5 Å². The highest BCUT2D eigenvalue weighted by Gasteiger charge is 2.25. The first-order valence-corrected chi connectivity index (χ1v) is 7.73. The number of halogens is 1. The molecule has 2 rings (SSSR count). The molecule has 3 nitrogen and oxygen atoms in total.